The van der Waals surface area contributed by atoms with Gasteiger partial charge in [0.05, 0.1) is 4.90 Å². The Morgan fingerprint density at radius 3 is 1.95 bits per heavy atom. The predicted molar refractivity (Wildman–Crippen MR) is 69.5 cm³/mol. The molecule has 0 atom stereocenters. The van der Waals surface area contributed by atoms with Gasteiger partial charge in [0, 0.05) is 31.9 Å². The Morgan fingerprint density at radius 1 is 1.00 bits per heavy atom. The van der Waals surface area contributed by atoms with Crippen LogP contribution in [0.25, 0.3) is 0 Å². The molecule has 0 N–H and O–H groups in total. The molecule has 5 nitrogen and oxygen atoms in total. The first-order valence-corrected chi connectivity index (χ1v) is 7.60. The highest BCUT2D eigenvalue weighted by Gasteiger charge is 2.46. The van der Waals surface area contributed by atoms with E-state index in [1.807, 2.05) is 4.90 Å². The van der Waals surface area contributed by atoms with E-state index in [2.05, 4.69) is 0 Å². The lowest BCUT2D eigenvalue weighted by molar-refractivity contribution is -0.118. The molecule has 0 unspecified atom stereocenters. The molecule has 1 amide bonds. The standard InChI is InChI=1S/C12H13F3N2O3S/c13-12(14,15)21(19,20)11-3-1-10(2-4-11)17-7-5-16(9-18)6-8-17/h1-4,9H,5-8H2. The Kier molecular flexibility index (Phi) is 4.13. The summed E-state index contributed by atoms with van der Waals surface area (Å²) in [5.74, 6) is 0. The van der Waals surface area contributed by atoms with Gasteiger partial charge in [-0.15, -0.1) is 0 Å². The monoisotopic (exact) mass is 322 g/mol. The Hall–Kier alpha value is -1.77. The van der Waals surface area contributed by atoms with Crippen LogP contribution in [0, 0.1) is 0 Å². The molecule has 0 aromatic heterocycles. The maximum Gasteiger partial charge on any atom is 0.501 e. The van der Waals surface area contributed by atoms with E-state index in [-0.39, 0.29) is 0 Å². The number of hydrogen-bond donors (Lipinski definition) is 0. The second-order valence-electron chi connectivity index (χ2n) is 4.57. The molecular formula is C12H13F3N2O3S. The summed E-state index contributed by atoms with van der Waals surface area (Å²) in [6, 6.07) is 4.58. The first-order chi connectivity index (χ1) is 9.75. The van der Waals surface area contributed by atoms with Crippen LogP contribution in [0.4, 0.5) is 18.9 Å². The highest BCUT2D eigenvalue weighted by Crippen LogP contribution is 2.31. The van der Waals surface area contributed by atoms with Crippen LogP contribution in [0.3, 0.4) is 0 Å². The van der Waals surface area contributed by atoms with Crippen LogP contribution < -0.4 is 4.90 Å². The minimum absolute atomic E-state index is 0.520. The molecule has 0 spiro atoms. The van der Waals surface area contributed by atoms with Gasteiger partial charge >= 0.3 is 5.51 Å². The molecule has 0 radical (unpaired) electrons. The van der Waals surface area contributed by atoms with E-state index in [1.54, 1.807) is 4.90 Å². The number of sulfone groups is 1. The van der Waals surface area contributed by atoms with Crippen molar-refractivity contribution < 1.29 is 26.4 Å². The van der Waals surface area contributed by atoms with E-state index in [1.165, 1.54) is 12.1 Å². The fourth-order valence-corrected chi connectivity index (χ4v) is 2.82. The minimum Gasteiger partial charge on any atom is -0.368 e. The van der Waals surface area contributed by atoms with E-state index < -0.39 is 20.2 Å². The van der Waals surface area contributed by atoms with Crippen molar-refractivity contribution >= 4 is 21.9 Å². The Labute approximate surface area is 119 Å². The highest BCUT2D eigenvalue weighted by molar-refractivity contribution is 7.92. The molecule has 1 aliphatic heterocycles. The number of nitrogens with zero attached hydrogens (tertiary/aromatic N) is 2. The maximum atomic E-state index is 12.4. The lowest BCUT2D eigenvalue weighted by Crippen LogP contribution is -2.45. The normalized spacial score (nSPS) is 16.9. The number of alkyl halides is 3. The first-order valence-electron chi connectivity index (χ1n) is 6.11. The van der Waals surface area contributed by atoms with Gasteiger partial charge in [-0.25, -0.2) is 8.42 Å². The summed E-state index contributed by atoms with van der Waals surface area (Å²) in [6.07, 6.45) is 0.746. The fourth-order valence-electron chi connectivity index (χ4n) is 2.06. The number of carbonyl (C=O) groups excluding carboxylic acids is 1. The lowest BCUT2D eigenvalue weighted by Gasteiger charge is -2.34. The van der Waals surface area contributed by atoms with Crippen molar-refractivity contribution in [1.29, 1.82) is 0 Å². The zero-order chi connectivity index (χ0) is 15.7. The zero-order valence-corrected chi connectivity index (χ0v) is 11.7. The molecule has 0 saturated carbocycles. The smallest absolute Gasteiger partial charge is 0.368 e. The largest absolute Gasteiger partial charge is 0.501 e. The van der Waals surface area contributed by atoms with Crippen LogP contribution in [-0.2, 0) is 14.6 Å². The van der Waals surface area contributed by atoms with Crippen molar-refractivity contribution in [3.63, 3.8) is 0 Å². The maximum absolute atomic E-state index is 12.4. The zero-order valence-electron chi connectivity index (χ0n) is 10.9. The molecule has 116 valence electrons. The minimum atomic E-state index is -5.31. The van der Waals surface area contributed by atoms with Gasteiger partial charge in [-0.3, -0.25) is 4.79 Å². The lowest BCUT2D eigenvalue weighted by atomic mass is 10.2. The summed E-state index contributed by atoms with van der Waals surface area (Å²) in [4.78, 5) is 13.3. The molecule has 0 bridgehead atoms. The number of benzene rings is 1. The second-order valence-corrected chi connectivity index (χ2v) is 6.51. The molecule has 1 fully saturated rings. The van der Waals surface area contributed by atoms with Crippen LogP contribution in [0.5, 0.6) is 0 Å². The van der Waals surface area contributed by atoms with Crippen LogP contribution in [0.1, 0.15) is 0 Å². The number of hydrogen-bond acceptors (Lipinski definition) is 4. The number of amides is 1. The van der Waals surface area contributed by atoms with E-state index in [0.717, 1.165) is 18.5 Å². The third-order valence-corrected chi connectivity index (χ3v) is 4.78. The van der Waals surface area contributed by atoms with Crippen LogP contribution in [0.2, 0.25) is 0 Å². The number of halogens is 3. The van der Waals surface area contributed by atoms with Crippen molar-refractivity contribution in [2.75, 3.05) is 31.1 Å². The van der Waals surface area contributed by atoms with Gasteiger partial charge in [-0.2, -0.15) is 13.2 Å². The second kappa shape index (κ2) is 5.55. The van der Waals surface area contributed by atoms with E-state index >= 15 is 0 Å². The Morgan fingerprint density at radius 2 is 1.52 bits per heavy atom. The van der Waals surface area contributed by atoms with Gasteiger partial charge in [0.2, 0.25) is 6.41 Å². The molecule has 0 aliphatic carbocycles. The summed E-state index contributed by atoms with van der Waals surface area (Å²) in [5, 5.41) is 0. The molecule has 1 aliphatic rings. The quantitative estimate of drug-likeness (QED) is 0.786. The van der Waals surface area contributed by atoms with E-state index in [4.69, 9.17) is 0 Å². The van der Waals surface area contributed by atoms with Crippen LogP contribution in [-0.4, -0.2) is 51.4 Å². The van der Waals surface area contributed by atoms with E-state index in [9.17, 15) is 26.4 Å². The number of piperazine rings is 1. The van der Waals surface area contributed by atoms with Crippen molar-refractivity contribution in [1.82, 2.24) is 4.90 Å². The summed E-state index contributed by atoms with van der Waals surface area (Å²) in [6.45, 7) is 2.13. The summed E-state index contributed by atoms with van der Waals surface area (Å²) in [5.41, 5.74) is -4.67. The average Bonchev–Trinajstić information content (AvgIpc) is 2.46. The van der Waals surface area contributed by atoms with Gasteiger partial charge in [0.25, 0.3) is 9.84 Å². The summed E-state index contributed by atoms with van der Waals surface area (Å²) in [7, 11) is -5.31. The number of carbonyl (C=O) groups is 1. The number of anilines is 1. The third kappa shape index (κ3) is 3.12. The van der Waals surface area contributed by atoms with Gasteiger partial charge in [-0.05, 0) is 24.3 Å². The van der Waals surface area contributed by atoms with Gasteiger partial charge in [0.15, 0.2) is 0 Å². The SMILES string of the molecule is O=CN1CCN(c2ccc(S(=O)(=O)C(F)(F)F)cc2)CC1. The number of rotatable bonds is 3. The Balaban J connectivity index is 2.15. The fraction of sp³-hybridized carbons (Fsp3) is 0.417. The average molecular weight is 322 g/mol. The molecule has 2 rings (SSSR count). The molecule has 1 aromatic rings. The van der Waals surface area contributed by atoms with Crippen molar-refractivity contribution in [3.05, 3.63) is 24.3 Å². The summed E-state index contributed by atoms with van der Waals surface area (Å²) < 4.78 is 59.7. The molecule has 21 heavy (non-hydrogen) atoms. The van der Waals surface area contributed by atoms with Crippen molar-refractivity contribution in [2.45, 2.75) is 10.4 Å². The summed E-state index contributed by atoms with van der Waals surface area (Å²) >= 11 is 0. The Bertz CT molecular complexity index is 606. The molecule has 9 heteroatoms. The van der Waals surface area contributed by atoms with Crippen molar-refractivity contribution in [3.8, 4) is 0 Å². The molecule has 1 saturated heterocycles. The van der Waals surface area contributed by atoms with Crippen LogP contribution >= 0.6 is 0 Å². The van der Waals surface area contributed by atoms with Gasteiger partial charge in [-0.1, -0.05) is 0 Å². The van der Waals surface area contributed by atoms with Gasteiger partial charge in [0.1, 0.15) is 0 Å². The van der Waals surface area contributed by atoms with Gasteiger partial charge < -0.3 is 9.80 Å². The topological polar surface area (TPSA) is 57.7 Å². The predicted octanol–water partition coefficient (Wildman–Crippen LogP) is 1.26. The van der Waals surface area contributed by atoms with E-state index in [0.29, 0.717) is 31.9 Å². The molecule has 1 heterocycles. The van der Waals surface area contributed by atoms with Crippen molar-refractivity contribution in [2.24, 2.45) is 0 Å². The third-order valence-electron chi connectivity index (χ3n) is 3.28. The molecule has 1 aromatic carbocycles. The highest BCUT2D eigenvalue weighted by atomic mass is 32.2. The molecular weight excluding hydrogens is 309 g/mol. The first kappa shape index (κ1) is 15.6. The van der Waals surface area contributed by atoms with Crippen LogP contribution in [0.15, 0.2) is 29.2 Å².